The Morgan fingerprint density at radius 3 is 2.33 bits per heavy atom. The minimum absolute atomic E-state index is 0.399. The average Bonchev–Trinajstić information content (AvgIpc) is 3.12. The number of hydrogen-bond acceptors (Lipinski definition) is 6. The number of benzene rings is 2. The van der Waals surface area contributed by atoms with Crippen LogP contribution in [0.3, 0.4) is 0 Å². The van der Waals surface area contributed by atoms with Crippen LogP contribution in [0.5, 0.6) is 17.2 Å². The van der Waals surface area contributed by atoms with Crippen LogP contribution in [0, 0.1) is 0 Å². The predicted octanol–water partition coefficient (Wildman–Crippen LogP) is 2.82. The lowest BCUT2D eigenvalue weighted by Crippen LogP contribution is -2.26. The minimum atomic E-state index is -3.57. The standard InChI is InChI=1S/C19H22N2O5S/c1-24-13-9-10-14(19(11-13)26-3)16-12-17(21(20-16)27(4,22)23)15-7-5-6-8-18(15)25-2/h5-11,17H,12H2,1-4H3/t17-/m0/s1. The number of nitrogens with zero attached hydrogens (tertiary/aromatic N) is 2. The zero-order valence-corrected chi connectivity index (χ0v) is 16.5. The quantitative estimate of drug-likeness (QED) is 0.758. The highest BCUT2D eigenvalue weighted by Gasteiger charge is 2.36. The van der Waals surface area contributed by atoms with Crippen LogP contribution in [0.2, 0.25) is 0 Å². The number of hydrazone groups is 1. The van der Waals surface area contributed by atoms with Gasteiger partial charge >= 0.3 is 0 Å². The molecule has 0 saturated carbocycles. The van der Waals surface area contributed by atoms with Gasteiger partial charge in [0.05, 0.1) is 39.3 Å². The molecule has 1 heterocycles. The van der Waals surface area contributed by atoms with Gasteiger partial charge in [-0.15, -0.1) is 0 Å². The Labute approximate surface area is 159 Å². The van der Waals surface area contributed by atoms with Crippen molar-refractivity contribution in [2.75, 3.05) is 27.6 Å². The van der Waals surface area contributed by atoms with Gasteiger partial charge in [-0.05, 0) is 18.2 Å². The van der Waals surface area contributed by atoms with Crippen molar-refractivity contribution in [2.24, 2.45) is 5.10 Å². The Kier molecular flexibility index (Phi) is 5.27. The van der Waals surface area contributed by atoms with Gasteiger partial charge in [0.25, 0.3) is 0 Å². The monoisotopic (exact) mass is 390 g/mol. The molecule has 144 valence electrons. The summed E-state index contributed by atoms with van der Waals surface area (Å²) in [6.45, 7) is 0. The van der Waals surface area contributed by atoms with Crippen molar-refractivity contribution >= 4 is 15.7 Å². The topological polar surface area (TPSA) is 77.4 Å². The van der Waals surface area contributed by atoms with E-state index in [1.165, 1.54) is 0 Å². The van der Waals surface area contributed by atoms with Gasteiger partial charge < -0.3 is 14.2 Å². The number of ether oxygens (including phenoxy) is 3. The van der Waals surface area contributed by atoms with Gasteiger partial charge in [-0.3, -0.25) is 0 Å². The van der Waals surface area contributed by atoms with E-state index < -0.39 is 16.1 Å². The number of rotatable bonds is 6. The molecule has 7 nitrogen and oxygen atoms in total. The normalized spacial score (nSPS) is 16.8. The maximum absolute atomic E-state index is 12.4. The zero-order valence-electron chi connectivity index (χ0n) is 15.7. The highest BCUT2D eigenvalue weighted by Crippen LogP contribution is 2.40. The molecule has 0 unspecified atom stereocenters. The summed E-state index contributed by atoms with van der Waals surface area (Å²) in [5.41, 5.74) is 2.11. The lowest BCUT2D eigenvalue weighted by Gasteiger charge is -2.23. The van der Waals surface area contributed by atoms with E-state index in [2.05, 4.69) is 5.10 Å². The lowest BCUT2D eigenvalue weighted by molar-refractivity contribution is 0.352. The number of hydrogen-bond donors (Lipinski definition) is 0. The minimum Gasteiger partial charge on any atom is -0.497 e. The average molecular weight is 390 g/mol. The van der Waals surface area contributed by atoms with E-state index in [1.807, 2.05) is 30.3 Å². The van der Waals surface area contributed by atoms with E-state index >= 15 is 0 Å². The number of para-hydroxylation sites is 1. The lowest BCUT2D eigenvalue weighted by atomic mass is 9.98. The summed E-state index contributed by atoms with van der Waals surface area (Å²) >= 11 is 0. The van der Waals surface area contributed by atoms with Gasteiger partial charge in [0, 0.05) is 23.6 Å². The summed E-state index contributed by atoms with van der Waals surface area (Å²) in [7, 11) is 1.12. The van der Waals surface area contributed by atoms with Gasteiger partial charge in [-0.1, -0.05) is 18.2 Å². The smallest absolute Gasteiger partial charge is 0.247 e. The molecule has 0 fully saturated rings. The third-order valence-corrected chi connectivity index (χ3v) is 5.45. The summed E-state index contributed by atoms with van der Waals surface area (Å²) in [4.78, 5) is 0. The second-order valence-electron chi connectivity index (χ2n) is 6.11. The zero-order chi connectivity index (χ0) is 19.6. The summed E-state index contributed by atoms with van der Waals surface area (Å²) in [6.07, 6.45) is 1.54. The van der Waals surface area contributed by atoms with Crippen LogP contribution >= 0.6 is 0 Å². The molecule has 0 saturated heterocycles. The summed E-state index contributed by atoms with van der Waals surface area (Å²) in [5, 5.41) is 4.41. The second-order valence-corrected chi connectivity index (χ2v) is 7.95. The molecule has 1 aliphatic heterocycles. The molecule has 0 radical (unpaired) electrons. The van der Waals surface area contributed by atoms with E-state index in [-0.39, 0.29) is 0 Å². The van der Waals surface area contributed by atoms with Crippen LogP contribution in [0.4, 0.5) is 0 Å². The van der Waals surface area contributed by atoms with E-state index in [1.54, 1.807) is 33.5 Å². The Hall–Kier alpha value is -2.74. The van der Waals surface area contributed by atoms with E-state index in [9.17, 15) is 8.42 Å². The fourth-order valence-electron chi connectivity index (χ4n) is 3.17. The van der Waals surface area contributed by atoms with Crippen molar-refractivity contribution in [1.29, 1.82) is 0 Å². The fourth-order valence-corrected chi connectivity index (χ4v) is 4.06. The molecule has 8 heteroatoms. The first kappa shape index (κ1) is 19.0. The van der Waals surface area contributed by atoms with Gasteiger partial charge in [0.1, 0.15) is 17.2 Å². The highest BCUT2D eigenvalue weighted by molar-refractivity contribution is 7.88. The van der Waals surface area contributed by atoms with Crippen LogP contribution in [0.1, 0.15) is 23.6 Å². The van der Waals surface area contributed by atoms with Gasteiger partial charge in [0.2, 0.25) is 10.0 Å². The Bertz CT molecular complexity index is 972. The fraction of sp³-hybridized carbons (Fsp3) is 0.316. The van der Waals surface area contributed by atoms with Crippen LogP contribution in [0.25, 0.3) is 0 Å². The molecular weight excluding hydrogens is 368 g/mol. The molecule has 3 rings (SSSR count). The third kappa shape index (κ3) is 3.71. The summed E-state index contributed by atoms with van der Waals surface area (Å²) < 4.78 is 42.0. The van der Waals surface area contributed by atoms with Crippen molar-refractivity contribution in [2.45, 2.75) is 12.5 Å². The Balaban J connectivity index is 2.07. The molecule has 0 aliphatic carbocycles. The third-order valence-electron chi connectivity index (χ3n) is 4.43. The molecular formula is C19H22N2O5S. The van der Waals surface area contributed by atoms with Crippen molar-refractivity contribution in [3.8, 4) is 17.2 Å². The maximum Gasteiger partial charge on any atom is 0.247 e. The molecule has 1 atom stereocenters. The molecule has 0 N–H and O–H groups in total. The van der Waals surface area contributed by atoms with Crippen molar-refractivity contribution in [3.63, 3.8) is 0 Å². The molecule has 0 amide bonds. The predicted molar refractivity (Wildman–Crippen MR) is 103 cm³/mol. The largest absolute Gasteiger partial charge is 0.497 e. The van der Waals surface area contributed by atoms with Crippen molar-refractivity contribution in [1.82, 2.24) is 4.41 Å². The number of methoxy groups -OCH3 is 3. The van der Waals surface area contributed by atoms with E-state index in [0.29, 0.717) is 29.4 Å². The van der Waals surface area contributed by atoms with Crippen molar-refractivity contribution in [3.05, 3.63) is 53.6 Å². The number of sulfonamides is 1. The van der Waals surface area contributed by atoms with Crippen LogP contribution in [-0.4, -0.2) is 46.1 Å². The van der Waals surface area contributed by atoms with Crippen molar-refractivity contribution < 1.29 is 22.6 Å². The first-order chi connectivity index (χ1) is 12.9. The summed E-state index contributed by atoms with van der Waals surface area (Å²) in [6, 6.07) is 12.2. The van der Waals surface area contributed by atoms with Crippen LogP contribution in [-0.2, 0) is 10.0 Å². The highest BCUT2D eigenvalue weighted by atomic mass is 32.2. The first-order valence-corrected chi connectivity index (χ1v) is 10.2. The Morgan fingerprint density at radius 2 is 1.70 bits per heavy atom. The second kappa shape index (κ2) is 7.48. The molecule has 1 aliphatic rings. The van der Waals surface area contributed by atoms with E-state index in [4.69, 9.17) is 14.2 Å². The van der Waals surface area contributed by atoms with E-state index in [0.717, 1.165) is 21.8 Å². The first-order valence-electron chi connectivity index (χ1n) is 8.31. The Morgan fingerprint density at radius 1 is 1.00 bits per heavy atom. The molecule has 0 spiro atoms. The van der Waals surface area contributed by atoms with Gasteiger partial charge in [-0.25, -0.2) is 8.42 Å². The SMILES string of the molecule is COc1ccc(C2=NN(S(C)(=O)=O)[C@H](c3ccccc3OC)C2)c(OC)c1. The van der Waals surface area contributed by atoms with Gasteiger partial charge in [0.15, 0.2) is 0 Å². The molecule has 27 heavy (non-hydrogen) atoms. The van der Waals surface area contributed by atoms with Crippen LogP contribution < -0.4 is 14.2 Å². The maximum atomic E-state index is 12.4. The molecule has 0 bridgehead atoms. The molecule has 0 aromatic heterocycles. The van der Waals surface area contributed by atoms with Gasteiger partial charge in [-0.2, -0.15) is 9.52 Å². The molecule has 2 aromatic rings. The van der Waals surface area contributed by atoms with Crippen LogP contribution in [0.15, 0.2) is 47.6 Å². The molecule has 2 aromatic carbocycles. The summed E-state index contributed by atoms with van der Waals surface area (Å²) in [5.74, 6) is 1.84.